The molecule has 0 saturated carbocycles. The molecule has 1 rings (SSSR count). The summed E-state index contributed by atoms with van der Waals surface area (Å²) < 4.78 is 0. The van der Waals surface area contributed by atoms with Crippen LogP contribution in [-0.2, 0) is 0 Å². The number of carbonyl (C=O) groups is 1. The van der Waals surface area contributed by atoms with Crippen LogP contribution in [0.1, 0.15) is 17.3 Å². The van der Waals surface area contributed by atoms with E-state index in [0.717, 1.165) is 5.75 Å². The first kappa shape index (κ1) is 12.8. The number of thioether (sulfide) groups is 1. The van der Waals surface area contributed by atoms with Crippen molar-refractivity contribution in [2.45, 2.75) is 13.0 Å². The van der Waals surface area contributed by atoms with Gasteiger partial charge >= 0.3 is 0 Å². The molecule has 1 unspecified atom stereocenters. The van der Waals surface area contributed by atoms with Gasteiger partial charge in [0.15, 0.2) is 0 Å². The normalized spacial score (nSPS) is 11.9. The van der Waals surface area contributed by atoms with Crippen LogP contribution < -0.4 is 16.6 Å². The molecule has 16 heavy (non-hydrogen) atoms. The van der Waals surface area contributed by atoms with Crippen LogP contribution in [0.2, 0.25) is 0 Å². The zero-order chi connectivity index (χ0) is 12.0. The summed E-state index contributed by atoms with van der Waals surface area (Å²) in [4.78, 5) is 15.8. The molecule has 1 aromatic heterocycles. The van der Waals surface area contributed by atoms with Crippen molar-refractivity contribution >= 4 is 23.4 Å². The highest BCUT2D eigenvalue weighted by Gasteiger charge is 2.12. The van der Waals surface area contributed by atoms with Crippen molar-refractivity contribution in [2.75, 3.05) is 17.4 Å². The Kier molecular flexibility index (Phi) is 5.07. The maximum Gasteiger partial charge on any atom is 0.255 e. The van der Waals surface area contributed by atoms with Gasteiger partial charge in [-0.05, 0) is 19.2 Å². The van der Waals surface area contributed by atoms with E-state index in [1.807, 2.05) is 13.2 Å². The van der Waals surface area contributed by atoms with Gasteiger partial charge in [0.05, 0.1) is 11.3 Å². The molecular weight excluding hydrogens is 224 g/mol. The molecule has 5 nitrogen and oxygen atoms in total. The lowest BCUT2D eigenvalue weighted by atomic mass is 10.2. The second-order valence-electron chi connectivity index (χ2n) is 3.40. The number of amides is 1. The predicted molar refractivity (Wildman–Crippen MR) is 67.4 cm³/mol. The van der Waals surface area contributed by atoms with E-state index in [0.29, 0.717) is 11.3 Å². The molecule has 1 amide bonds. The molecule has 0 aliphatic heterocycles. The predicted octanol–water partition coefficient (Wildman–Crippen LogP) is 0.849. The number of aromatic nitrogens is 1. The molecule has 1 aromatic rings. The minimum Gasteiger partial charge on any atom is -0.349 e. The van der Waals surface area contributed by atoms with Gasteiger partial charge in [0.1, 0.15) is 0 Å². The molecule has 0 fully saturated rings. The Morgan fingerprint density at radius 1 is 1.69 bits per heavy atom. The van der Waals surface area contributed by atoms with Gasteiger partial charge in [-0.2, -0.15) is 11.8 Å². The summed E-state index contributed by atoms with van der Waals surface area (Å²) >= 11 is 1.69. The fourth-order valence-electron chi connectivity index (χ4n) is 1.29. The van der Waals surface area contributed by atoms with Gasteiger partial charge in [-0.25, -0.2) is 0 Å². The zero-order valence-corrected chi connectivity index (χ0v) is 10.2. The van der Waals surface area contributed by atoms with Gasteiger partial charge < -0.3 is 10.7 Å². The first-order valence-electron chi connectivity index (χ1n) is 4.89. The largest absolute Gasteiger partial charge is 0.349 e. The number of nitrogens with one attached hydrogen (secondary N) is 2. The number of rotatable bonds is 5. The maximum absolute atomic E-state index is 11.9. The Morgan fingerprint density at radius 2 is 2.44 bits per heavy atom. The van der Waals surface area contributed by atoms with Crippen LogP contribution in [0.25, 0.3) is 0 Å². The van der Waals surface area contributed by atoms with Gasteiger partial charge in [-0.15, -0.1) is 0 Å². The van der Waals surface area contributed by atoms with Gasteiger partial charge in [-0.1, -0.05) is 0 Å². The third-order valence-corrected chi connectivity index (χ3v) is 2.85. The van der Waals surface area contributed by atoms with Crippen LogP contribution in [0.3, 0.4) is 0 Å². The Morgan fingerprint density at radius 3 is 3.06 bits per heavy atom. The zero-order valence-electron chi connectivity index (χ0n) is 9.36. The van der Waals surface area contributed by atoms with Crippen molar-refractivity contribution in [1.29, 1.82) is 0 Å². The monoisotopic (exact) mass is 240 g/mol. The summed E-state index contributed by atoms with van der Waals surface area (Å²) in [5.41, 5.74) is 3.51. The van der Waals surface area contributed by atoms with Crippen molar-refractivity contribution in [3.8, 4) is 0 Å². The average Bonchev–Trinajstić information content (AvgIpc) is 2.29. The molecular formula is C10H16N4OS. The van der Waals surface area contributed by atoms with Gasteiger partial charge in [-0.3, -0.25) is 15.6 Å². The molecule has 0 aromatic carbocycles. The average molecular weight is 240 g/mol. The lowest BCUT2D eigenvalue weighted by Crippen LogP contribution is -2.34. The number of hydrogen-bond acceptors (Lipinski definition) is 5. The molecule has 1 atom stereocenters. The first-order valence-corrected chi connectivity index (χ1v) is 6.28. The minimum atomic E-state index is -0.164. The second-order valence-corrected chi connectivity index (χ2v) is 4.31. The molecule has 6 heteroatoms. The summed E-state index contributed by atoms with van der Waals surface area (Å²) in [5, 5.41) is 2.88. The summed E-state index contributed by atoms with van der Waals surface area (Å²) in [6.45, 7) is 1.96. The van der Waals surface area contributed by atoms with Crippen molar-refractivity contribution in [3.63, 3.8) is 0 Å². The van der Waals surface area contributed by atoms with Crippen molar-refractivity contribution < 1.29 is 4.79 Å². The SMILES string of the molecule is CSCC(C)NC(=O)c1cnccc1NN. The second kappa shape index (κ2) is 6.34. The Bertz CT molecular complexity index is 358. The number of pyridine rings is 1. The molecule has 0 spiro atoms. The smallest absolute Gasteiger partial charge is 0.255 e. The summed E-state index contributed by atoms with van der Waals surface area (Å²) in [7, 11) is 0. The fourth-order valence-corrected chi connectivity index (χ4v) is 1.88. The number of carbonyl (C=O) groups excluding carboxylic acids is 1. The molecule has 0 aliphatic carbocycles. The number of nitrogen functional groups attached to an aromatic ring is 1. The fraction of sp³-hybridized carbons (Fsp3) is 0.400. The molecule has 0 saturated heterocycles. The van der Waals surface area contributed by atoms with E-state index in [2.05, 4.69) is 15.7 Å². The summed E-state index contributed by atoms with van der Waals surface area (Å²) in [5.74, 6) is 6.02. The number of anilines is 1. The third kappa shape index (κ3) is 3.39. The van der Waals surface area contributed by atoms with Crippen LogP contribution in [-0.4, -0.2) is 28.9 Å². The molecule has 0 bridgehead atoms. The standard InChI is InChI=1S/C10H16N4OS/c1-7(6-16-2)13-10(15)8-5-12-4-3-9(8)14-11/h3-5,7H,6,11H2,1-2H3,(H,12,14)(H,13,15). The van der Waals surface area contributed by atoms with E-state index in [-0.39, 0.29) is 11.9 Å². The van der Waals surface area contributed by atoms with Gasteiger partial charge in [0.25, 0.3) is 5.91 Å². The van der Waals surface area contributed by atoms with Crippen LogP contribution >= 0.6 is 11.8 Å². The van der Waals surface area contributed by atoms with E-state index < -0.39 is 0 Å². The highest BCUT2D eigenvalue weighted by Crippen LogP contribution is 2.11. The van der Waals surface area contributed by atoms with E-state index >= 15 is 0 Å². The van der Waals surface area contributed by atoms with Crippen molar-refractivity contribution in [3.05, 3.63) is 24.0 Å². The number of nitrogens with two attached hydrogens (primary N) is 1. The first-order chi connectivity index (χ1) is 7.69. The lowest BCUT2D eigenvalue weighted by molar-refractivity contribution is 0.0944. The van der Waals surface area contributed by atoms with Crippen LogP contribution in [0, 0.1) is 0 Å². The van der Waals surface area contributed by atoms with E-state index in [4.69, 9.17) is 5.84 Å². The van der Waals surface area contributed by atoms with E-state index in [9.17, 15) is 4.79 Å². The summed E-state index contributed by atoms with van der Waals surface area (Å²) in [6.07, 6.45) is 5.08. The summed E-state index contributed by atoms with van der Waals surface area (Å²) in [6, 6.07) is 1.78. The van der Waals surface area contributed by atoms with E-state index in [1.165, 1.54) is 6.20 Å². The van der Waals surface area contributed by atoms with E-state index in [1.54, 1.807) is 24.0 Å². The van der Waals surface area contributed by atoms with Crippen LogP contribution in [0.5, 0.6) is 0 Å². The topological polar surface area (TPSA) is 80.0 Å². The highest BCUT2D eigenvalue weighted by molar-refractivity contribution is 7.98. The highest BCUT2D eigenvalue weighted by atomic mass is 32.2. The quantitative estimate of drug-likeness (QED) is 0.525. The Hall–Kier alpha value is -1.27. The number of hydrazine groups is 1. The van der Waals surface area contributed by atoms with Crippen LogP contribution in [0.4, 0.5) is 5.69 Å². The Labute approximate surface area is 99.2 Å². The van der Waals surface area contributed by atoms with Gasteiger partial charge in [0, 0.05) is 24.2 Å². The Balaban J connectivity index is 2.72. The maximum atomic E-state index is 11.9. The molecule has 0 radical (unpaired) electrons. The molecule has 4 N–H and O–H groups in total. The van der Waals surface area contributed by atoms with Crippen molar-refractivity contribution in [2.24, 2.45) is 5.84 Å². The van der Waals surface area contributed by atoms with Crippen molar-refractivity contribution in [1.82, 2.24) is 10.3 Å². The molecule has 1 heterocycles. The molecule has 88 valence electrons. The van der Waals surface area contributed by atoms with Gasteiger partial charge in [0.2, 0.25) is 0 Å². The number of nitrogens with zero attached hydrogens (tertiary/aromatic N) is 1. The number of hydrogen-bond donors (Lipinski definition) is 3. The third-order valence-electron chi connectivity index (χ3n) is 2.02. The lowest BCUT2D eigenvalue weighted by Gasteiger charge is -2.13. The minimum absolute atomic E-state index is 0.119. The molecule has 0 aliphatic rings. The van der Waals surface area contributed by atoms with Crippen LogP contribution in [0.15, 0.2) is 18.5 Å².